The Bertz CT molecular complexity index is 1510. The maximum absolute atomic E-state index is 10.0. The molecule has 0 spiro atoms. The van der Waals surface area contributed by atoms with E-state index in [0.29, 0.717) is 68.9 Å². The van der Waals surface area contributed by atoms with Gasteiger partial charge < -0.3 is 25.9 Å². The number of aliphatic hydroxyl groups is 1. The zero-order valence-electron chi connectivity index (χ0n) is 22.5. The summed E-state index contributed by atoms with van der Waals surface area (Å²) >= 11 is 13.4. The van der Waals surface area contributed by atoms with Crippen molar-refractivity contribution in [2.24, 2.45) is 5.41 Å². The second-order valence-corrected chi connectivity index (χ2v) is 12.2. The molecule has 3 aromatic rings. The van der Waals surface area contributed by atoms with Gasteiger partial charge in [0.2, 0.25) is 0 Å². The van der Waals surface area contributed by atoms with Crippen LogP contribution in [0.2, 0.25) is 10.0 Å². The summed E-state index contributed by atoms with van der Waals surface area (Å²) in [5.41, 5.74) is 7.57. The highest BCUT2D eigenvalue weighted by atomic mass is 35.5. The number of anilines is 2. The molecule has 12 heteroatoms. The first-order chi connectivity index (χ1) is 19.0. The number of aliphatic hydroxyl groups excluding tert-OH is 1. The number of nitrogens with one attached hydrogen (secondary N) is 4. The predicted molar refractivity (Wildman–Crippen MR) is 159 cm³/mol. The van der Waals surface area contributed by atoms with Crippen LogP contribution in [0.1, 0.15) is 31.9 Å². The van der Waals surface area contributed by atoms with Gasteiger partial charge in [0.25, 0.3) is 0 Å². The molecule has 1 saturated heterocycles. The molecule has 2 radical (unpaired) electrons. The van der Waals surface area contributed by atoms with Crippen molar-refractivity contribution in [1.29, 1.82) is 5.26 Å². The fourth-order valence-electron chi connectivity index (χ4n) is 4.66. The van der Waals surface area contributed by atoms with Gasteiger partial charge in [-0.05, 0) is 29.2 Å². The highest BCUT2D eigenvalue weighted by Gasteiger charge is 2.46. The van der Waals surface area contributed by atoms with Crippen LogP contribution in [0.15, 0.2) is 54.5 Å². The van der Waals surface area contributed by atoms with Crippen molar-refractivity contribution < 1.29 is 9.84 Å². The topological polar surface area (TPSA) is 118 Å². The molecule has 1 unspecified atom stereocenters. The minimum Gasteiger partial charge on any atom is -0.394 e. The van der Waals surface area contributed by atoms with E-state index in [0.717, 1.165) is 0 Å². The number of pyridine rings is 1. The Morgan fingerprint density at radius 1 is 1.23 bits per heavy atom. The summed E-state index contributed by atoms with van der Waals surface area (Å²) in [5, 5.41) is 30.0. The van der Waals surface area contributed by atoms with E-state index >= 15 is 0 Å². The minimum atomic E-state index is -1.36. The van der Waals surface area contributed by atoms with Gasteiger partial charge in [0.05, 0.1) is 52.7 Å². The van der Waals surface area contributed by atoms with Gasteiger partial charge in [-0.25, -0.2) is 0 Å². The number of hydrazine groups is 2. The number of hydrogen-bond acceptors (Lipinski definition) is 9. The van der Waals surface area contributed by atoms with Crippen molar-refractivity contribution in [1.82, 2.24) is 21.0 Å². The van der Waals surface area contributed by atoms with Crippen molar-refractivity contribution >= 4 is 53.3 Å². The zero-order valence-corrected chi connectivity index (χ0v) is 24.0. The summed E-state index contributed by atoms with van der Waals surface area (Å²) in [6.45, 7) is 7.57. The molecule has 2 aliphatic rings. The van der Waals surface area contributed by atoms with Crippen LogP contribution >= 0.6 is 23.2 Å². The molecule has 206 valence electrons. The molecule has 5 rings (SSSR count). The second-order valence-electron chi connectivity index (χ2n) is 11.4. The van der Waals surface area contributed by atoms with Crippen LogP contribution in [0, 0.1) is 16.7 Å². The number of nitrogens with zero attached hydrogens (tertiary/aromatic N) is 3. The number of fused-ring (bicyclic) bond motifs is 1. The van der Waals surface area contributed by atoms with Gasteiger partial charge in [0, 0.05) is 35.0 Å². The number of rotatable bonds is 8. The third kappa shape index (κ3) is 5.16. The molecule has 0 bridgehead atoms. The van der Waals surface area contributed by atoms with Gasteiger partial charge in [-0.2, -0.15) is 5.26 Å². The molecular weight excluding hydrogens is 548 g/mol. The molecule has 1 aromatic heterocycles. The molecular formula is C28H30BCl2N7O2. The summed E-state index contributed by atoms with van der Waals surface area (Å²) in [4.78, 5) is 4.46. The van der Waals surface area contributed by atoms with Gasteiger partial charge in [-0.15, -0.1) is 5.53 Å². The molecule has 0 aliphatic carbocycles. The van der Waals surface area contributed by atoms with E-state index < -0.39 is 11.0 Å². The third-order valence-corrected chi connectivity index (χ3v) is 7.64. The fraction of sp³-hybridized carbons (Fsp3) is 0.357. The Labute approximate surface area is 244 Å². The van der Waals surface area contributed by atoms with Crippen molar-refractivity contribution in [3.63, 3.8) is 0 Å². The van der Waals surface area contributed by atoms with Crippen LogP contribution in [0.3, 0.4) is 0 Å². The second kappa shape index (κ2) is 10.7. The molecule has 2 aliphatic heterocycles. The number of halogens is 2. The minimum absolute atomic E-state index is 0.0324. The SMILES string of the molecule is [B]C(Nc1cc(Cl)c2ncc(C#N)c(NCC(C)(C)C)c2c1)(C1=CN(C2(CO)COC2)NN1)c1ccccc1Cl. The van der Waals surface area contributed by atoms with Crippen molar-refractivity contribution in [2.45, 2.75) is 31.7 Å². The van der Waals surface area contributed by atoms with E-state index in [1.165, 1.54) is 6.20 Å². The molecule has 40 heavy (non-hydrogen) atoms. The molecule has 3 heterocycles. The maximum Gasteiger partial charge on any atom is 0.127 e. The molecule has 0 amide bonds. The van der Waals surface area contributed by atoms with Gasteiger partial charge in [-0.1, -0.05) is 62.2 Å². The van der Waals surface area contributed by atoms with Crippen LogP contribution in [0.5, 0.6) is 0 Å². The Morgan fingerprint density at radius 2 is 1.98 bits per heavy atom. The molecule has 0 saturated carbocycles. The normalized spacial score (nSPS) is 17.8. The van der Waals surface area contributed by atoms with E-state index in [1.54, 1.807) is 23.3 Å². The number of aromatic nitrogens is 1. The van der Waals surface area contributed by atoms with E-state index in [9.17, 15) is 10.4 Å². The maximum atomic E-state index is 10.0. The van der Waals surface area contributed by atoms with E-state index in [1.807, 2.05) is 24.3 Å². The van der Waals surface area contributed by atoms with Crippen LogP contribution in [0.25, 0.3) is 10.9 Å². The first-order valence-electron chi connectivity index (χ1n) is 12.8. The van der Waals surface area contributed by atoms with Crippen molar-refractivity contribution in [2.75, 3.05) is 37.0 Å². The van der Waals surface area contributed by atoms with E-state index in [4.69, 9.17) is 35.8 Å². The number of benzene rings is 2. The first kappa shape index (κ1) is 28.3. The Morgan fingerprint density at radius 3 is 2.60 bits per heavy atom. The monoisotopic (exact) mass is 577 g/mol. The highest BCUT2D eigenvalue weighted by molar-refractivity contribution is 6.36. The molecule has 9 nitrogen and oxygen atoms in total. The molecule has 1 fully saturated rings. The molecule has 2 aromatic carbocycles. The van der Waals surface area contributed by atoms with Gasteiger partial charge >= 0.3 is 0 Å². The molecule has 5 N–H and O–H groups in total. The summed E-state index contributed by atoms with van der Waals surface area (Å²) in [7, 11) is 7.15. The van der Waals surface area contributed by atoms with Crippen LogP contribution < -0.4 is 21.6 Å². The van der Waals surface area contributed by atoms with Gasteiger partial charge in [0.1, 0.15) is 19.5 Å². The quantitative estimate of drug-likeness (QED) is 0.251. The van der Waals surface area contributed by atoms with E-state index in [-0.39, 0.29) is 12.0 Å². The number of nitriles is 1. The lowest BCUT2D eigenvalue weighted by molar-refractivity contribution is -0.159. The van der Waals surface area contributed by atoms with Crippen molar-refractivity contribution in [3.8, 4) is 6.07 Å². The Balaban J connectivity index is 1.61. The van der Waals surface area contributed by atoms with Crippen LogP contribution in [-0.4, -0.2) is 54.9 Å². The van der Waals surface area contributed by atoms with Crippen LogP contribution in [-0.2, 0) is 10.2 Å². The summed E-state index contributed by atoms with van der Waals surface area (Å²) in [6, 6.07) is 13.1. The lowest BCUT2D eigenvalue weighted by Gasteiger charge is -2.45. The fourth-order valence-corrected chi connectivity index (χ4v) is 5.22. The standard InChI is InChI=1S/C28H30BCl2N7O2/c1-26(2,3)13-34-24-17(10-32)11-33-25-19(24)8-18(9-22(25)31)35-28(29,20-6-4-5-7-21(20)30)23-12-38(37-36-23)27(14-39)15-40-16-27/h4-9,11-12,35-37,39H,13-16H2,1-3H3,(H,33,34). The Kier molecular flexibility index (Phi) is 7.55. The lowest BCUT2D eigenvalue weighted by atomic mass is 9.69. The zero-order chi connectivity index (χ0) is 28.7. The average molecular weight is 578 g/mol. The lowest BCUT2D eigenvalue weighted by Crippen LogP contribution is -2.66. The van der Waals surface area contributed by atoms with Gasteiger partial charge in [0.15, 0.2) is 0 Å². The van der Waals surface area contributed by atoms with E-state index in [2.05, 4.69) is 53.4 Å². The average Bonchev–Trinajstić information content (AvgIpc) is 3.38. The van der Waals surface area contributed by atoms with Gasteiger partial charge in [-0.3, -0.25) is 9.99 Å². The predicted octanol–water partition coefficient (Wildman–Crippen LogP) is 4.23. The molecule has 1 atom stereocenters. The third-order valence-electron chi connectivity index (χ3n) is 7.02. The smallest absolute Gasteiger partial charge is 0.127 e. The largest absolute Gasteiger partial charge is 0.394 e. The highest BCUT2D eigenvalue weighted by Crippen LogP contribution is 2.40. The summed E-state index contributed by atoms with van der Waals surface area (Å²) < 4.78 is 5.37. The summed E-state index contributed by atoms with van der Waals surface area (Å²) in [5.74, 6) is 0. The Hall–Kier alpha value is -3.20. The first-order valence-corrected chi connectivity index (χ1v) is 13.6. The van der Waals surface area contributed by atoms with Crippen molar-refractivity contribution in [3.05, 3.63) is 75.7 Å². The number of ether oxygens (including phenoxy) is 1. The van der Waals surface area contributed by atoms with Crippen LogP contribution in [0.4, 0.5) is 11.4 Å². The number of hydrogen-bond donors (Lipinski definition) is 5. The summed E-state index contributed by atoms with van der Waals surface area (Å²) in [6.07, 6.45) is 3.32.